The number of carbonyl (C=O) groups is 2. The summed E-state index contributed by atoms with van der Waals surface area (Å²) in [5.41, 5.74) is 0.907. The summed E-state index contributed by atoms with van der Waals surface area (Å²) in [5.74, 6) is 0.700. The van der Waals surface area contributed by atoms with Crippen molar-refractivity contribution >= 4 is 28.9 Å². The van der Waals surface area contributed by atoms with Crippen molar-refractivity contribution in [2.75, 3.05) is 26.1 Å². The highest BCUT2D eigenvalue weighted by molar-refractivity contribution is 7.13. The molecule has 31 heavy (non-hydrogen) atoms. The molecule has 1 heterocycles. The number of anilines is 1. The van der Waals surface area contributed by atoms with Gasteiger partial charge in [-0.15, -0.1) is 10.2 Å². The molecule has 0 aliphatic heterocycles. The van der Waals surface area contributed by atoms with Crippen LogP contribution in [0.1, 0.15) is 32.1 Å². The average Bonchev–Trinajstić information content (AvgIpc) is 3.27. The molecular weight excluding hydrogens is 422 g/mol. The predicted octanol–water partition coefficient (Wildman–Crippen LogP) is 3.56. The maximum absolute atomic E-state index is 12.4. The Morgan fingerprint density at radius 1 is 1.00 bits per heavy atom. The fourth-order valence-corrected chi connectivity index (χ4v) is 3.19. The van der Waals surface area contributed by atoms with Crippen molar-refractivity contribution in [1.29, 1.82) is 0 Å². The lowest BCUT2D eigenvalue weighted by atomic mass is 10.2. The van der Waals surface area contributed by atoms with E-state index in [4.69, 9.17) is 18.9 Å². The van der Waals surface area contributed by atoms with Crippen molar-refractivity contribution < 1.29 is 28.5 Å². The van der Waals surface area contributed by atoms with E-state index in [9.17, 15) is 9.59 Å². The number of carbonyl (C=O) groups excluding carboxylic acids is 2. The number of benzene rings is 2. The Kier molecular flexibility index (Phi) is 7.39. The van der Waals surface area contributed by atoms with Gasteiger partial charge >= 0.3 is 5.97 Å². The fraction of sp³-hybridized carbons (Fsp3) is 0.238. The van der Waals surface area contributed by atoms with Crippen molar-refractivity contribution in [2.45, 2.75) is 13.5 Å². The molecule has 3 rings (SSSR count). The summed E-state index contributed by atoms with van der Waals surface area (Å²) in [6.07, 6.45) is 0. The predicted molar refractivity (Wildman–Crippen MR) is 114 cm³/mol. The van der Waals surface area contributed by atoms with E-state index in [0.29, 0.717) is 40.1 Å². The Hall–Kier alpha value is -3.66. The third-order valence-electron chi connectivity index (χ3n) is 4.03. The van der Waals surface area contributed by atoms with Gasteiger partial charge < -0.3 is 24.3 Å². The topological polar surface area (TPSA) is 109 Å². The molecule has 0 saturated heterocycles. The molecule has 2 aromatic carbocycles. The highest BCUT2D eigenvalue weighted by atomic mass is 32.1. The summed E-state index contributed by atoms with van der Waals surface area (Å²) in [6, 6.07) is 11.7. The third-order valence-corrected chi connectivity index (χ3v) is 4.93. The molecule has 162 valence electrons. The zero-order valence-corrected chi connectivity index (χ0v) is 18.0. The van der Waals surface area contributed by atoms with E-state index < -0.39 is 11.9 Å². The lowest BCUT2D eigenvalue weighted by molar-refractivity contribution is 0.0471. The third kappa shape index (κ3) is 5.70. The van der Waals surface area contributed by atoms with Gasteiger partial charge in [0.2, 0.25) is 5.01 Å². The van der Waals surface area contributed by atoms with Gasteiger partial charge in [-0.3, -0.25) is 4.79 Å². The molecule has 0 atom stereocenters. The smallest absolute Gasteiger partial charge is 0.338 e. The molecule has 0 unspecified atom stereocenters. The van der Waals surface area contributed by atoms with Crippen LogP contribution in [0.15, 0.2) is 42.5 Å². The molecular formula is C21H21N3O6S. The van der Waals surface area contributed by atoms with Crippen LogP contribution in [0.4, 0.5) is 5.69 Å². The van der Waals surface area contributed by atoms with E-state index >= 15 is 0 Å². The number of methoxy groups -OCH3 is 2. The van der Waals surface area contributed by atoms with Crippen molar-refractivity contribution in [2.24, 2.45) is 0 Å². The first-order chi connectivity index (χ1) is 15.0. The van der Waals surface area contributed by atoms with Crippen LogP contribution < -0.4 is 19.5 Å². The summed E-state index contributed by atoms with van der Waals surface area (Å²) >= 11 is 1.04. The number of ether oxygens (including phenoxy) is 4. The van der Waals surface area contributed by atoms with E-state index in [0.717, 1.165) is 11.3 Å². The van der Waals surface area contributed by atoms with E-state index in [2.05, 4.69) is 15.5 Å². The molecule has 1 aromatic heterocycles. The first kappa shape index (κ1) is 22.0. The second-order valence-corrected chi connectivity index (χ2v) is 7.12. The second-order valence-electron chi connectivity index (χ2n) is 6.06. The highest BCUT2D eigenvalue weighted by Gasteiger charge is 2.16. The summed E-state index contributed by atoms with van der Waals surface area (Å²) < 4.78 is 21.0. The maximum Gasteiger partial charge on any atom is 0.338 e. The Labute approximate surface area is 182 Å². The van der Waals surface area contributed by atoms with Crippen molar-refractivity contribution in [3.8, 4) is 17.2 Å². The summed E-state index contributed by atoms with van der Waals surface area (Å²) in [5, 5.41) is 11.0. The van der Waals surface area contributed by atoms with Crippen LogP contribution in [0.5, 0.6) is 17.2 Å². The van der Waals surface area contributed by atoms with Gasteiger partial charge in [0, 0.05) is 5.69 Å². The Balaban J connectivity index is 1.58. The standard InChI is InChI=1S/C21H21N3O6S/c1-4-29-17-11-13(5-10-16(17)28-3)21(26)30-12-18-23-24-20(31-18)19(25)22-14-6-8-15(27-2)9-7-14/h5-11H,4,12H2,1-3H3,(H,22,25). The number of hydrogen-bond acceptors (Lipinski definition) is 9. The van der Waals surface area contributed by atoms with Gasteiger partial charge in [0.1, 0.15) is 12.4 Å². The molecule has 3 aromatic rings. The number of nitrogens with zero attached hydrogens (tertiary/aromatic N) is 2. The van der Waals surface area contributed by atoms with Gasteiger partial charge in [-0.05, 0) is 49.4 Å². The van der Waals surface area contributed by atoms with Crippen molar-refractivity contribution in [3.63, 3.8) is 0 Å². The SMILES string of the molecule is CCOc1cc(C(=O)OCc2nnc(C(=O)Nc3ccc(OC)cc3)s2)ccc1OC. The average molecular weight is 443 g/mol. The van der Waals surface area contributed by atoms with Gasteiger partial charge in [-0.2, -0.15) is 0 Å². The Morgan fingerprint density at radius 3 is 2.45 bits per heavy atom. The van der Waals surface area contributed by atoms with Gasteiger partial charge in [0.15, 0.2) is 16.5 Å². The molecule has 0 bridgehead atoms. The van der Waals surface area contributed by atoms with Gasteiger partial charge in [-0.25, -0.2) is 4.79 Å². The van der Waals surface area contributed by atoms with Crippen LogP contribution in [0.2, 0.25) is 0 Å². The molecule has 0 fully saturated rings. The maximum atomic E-state index is 12.4. The minimum atomic E-state index is -0.553. The van der Waals surface area contributed by atoms with Crippen LogP contribution in [-0.2, 0) is 11.3 Å². The number of hydrogen-bond donors (Lipinski definition) is 1. The fourth-order valence-electron chi connectivity index (χ4n) is 2.55. The van der Waals surface area contributed by atoms with E-state index in [-0.39, 0.29) is 11.6 Å². The highest BCUT2D eigenvalue weighted by Crippen LogP contribution is 2.28. The second kappa shape index (κ2) is 10.4. The first-order valence-electron chi connectivity index (χ1n) is 9.29. The molecule has 0 radical (unpaired) electrons. The summed E-state index contributed by atoms with van der Waals surface area (Å²) in [4.78, 5) is 24.7. The number of amides is 1. The van der Waals surface area contributed by atoms with Crippen molar-refractivity contribution in [3.05, 3.63) is 58.0 Å². The van der Waals surface area contributed by atoms with Crippen LogP contribution >= 0.6 is 11.3 Å². The molecule has 1 amide bonds. The zero-order chi connectivity index (χ0) is 22.2. The largest absolute Gasteiger partial charge is 0.497 e. The lowest BCUT2D eigenvalue weighted by Gasteiger charge is -2.10. The quantitative estimate of drug-likeness (QED) is 0.500. The van der Waals surface area contributed by atoms with Crippen LogP contribution in [0.3, 0.4) is 0 Å². The molecule has 9 nitrogen and oxygen atoms in total. The summed E-state index contributed by atoms with van der Waals surface area (Å²) in [7, 11) is 3.09. The lowest BCUT2D eigenvalue weighted by Crippen LogP contribution is -2.11. The minimum Gasteiger partial charge on any atom is -0.497 e. The van der Waals surface area contributed by atoms with E-state index in [1.165, 1.54) is 7.11 Å². The minimum absolute atomic E-state index is 0.109. The van der Waals surface area contributed by atoms with Crippen LogP contribution in [-0.4, -0.2) is 42.9 Å². The first-order valence-corrected chi connectivity index (χ1v) is 10.1. The Morgan fingerprint density at radius 2 is 1.77 bits per heavy atom. The van der Waals surface area contributed by atoms with Crippen LogP contribution in [0, 0.1) is 0 Å². The number of nitrogens with one attached hydrogen (secondary N) is 1. The van der Waals surface area contributed by atoms with Gasteiger partial charge in [0.05, 0.1) is 26.4 Å². The van der Waals surface area contributed by atoms with E-state index in [1.807, 2.05) is 6.92 Å². The number of aromatic nitrogens is 2. The van der Waals surface area contributed by atoms with Crippen molar-refractivity contribution in [1.82, 2.24) is 10.2 Å². The van der Waals surface area contributed by atoms with Crippen LogP contribution in [0.25, 0.3) is 0 Å². The Bertz CT molecular complexity index is 1050. The molecule has 0 aliphatic carbocycles. The molecule has 0 aliphatic rings. The molecule has 10 heteroatoms. The van der Waals surface area contributed by atoms with Gasteiger partial charge in [0.25, 0.3) is 5.91 Å². The normalized spacial score (nSPS) is 10.3. The molecule has 0 spiro atoms. The zero-order valence-electron chi connectivity index (χ0n) is 17.2. The number of rotatable bonds is 9. The van der Waals surface area contributed by atoms with Gasteiger partial charge in [-0.1, -0.05) is 11.3 Å². The molecule has 0 saturated carbocycles. The molecule has 1 N–H and O–H groups in total. The monoisotopic (exact) mass is 443 g/mol. The summed E-state index contributed by atoms with van der Waals surface area (Å²) in [6.45, 7) is 2.16. The van der Waals surface area contributed by atoms with E-state index in [1.54, 1.807) is 49.6 Å². The number of esters is 1.